The summed E-state index contributed by atoms with van der Waals surface area (Å²) in [6, 6.07) is 6.32. The Balaban J connectivity index is 1.48. The normalized spacial score (nSPS) is 19.4. The van der Waals surface area contributed by atoms with Crippen LogP contribution in [0.4, 0.5) is 0 Å². The average Bonchev–Trinajstić information content (AvgIpc) is 3.24. The lowest BCUT2D eigenvalue weighted by Gasteiger charge is -2.29. The fourth-order valence-electron chi connectivity index (χ4n) is 3.47. The van der Waals surface area contributed by atoms with Crippen LogP contribution in [-0.4, -0.2) is 73.1 Å². The molecule has 2 saturated heterocycles. The lowest BCUT2D eigenvalue weighted by Crippen LogP contribution is -2.40. The maximum Gasteiger partial charge on any atom is 0.311 e. The van der Waals surface area contributed by atoms with Crippen LogP contribution in [0.5, 0.6) is 0 Å². The van der Waals surface area contributed by atoms with E-state index in [4.69, 9.17) is 9.15 Å². The molecule has 1 aromatic heterocycles. The number of rotatable bonds is 4. The van der Waals surface area contributed by atoms with Crippen LogP contribution in [0.25, 0.3) is 11.5 Å². The smallest absolute Gasteiger partial charge is 0.311 e. The molecule has 2 aliphatic rings. The first-order valence-corrected chi connectivity index (χ1v) is 11.2. The van der Waals surface area contributed by atoms with Gasteiger partial charge in [0.15, 0.2) is 0 Å². The largest absolute Gasteiger partial charge is 0.412 e. The van der Waals surface area contributed by atoms with Crippen molar-refractivity contribution >= 4 is 15.9 Å². The zero-order valence-corrected chi connectivity index (χ0v) is 17.1. The first kappa shape index (κ1) is 20.0. The highest BCUT2D eigenvalue weighted by Crippen LogP contribution is 2.26. The third-order valence-electron chi connectivity index (χ3n) is 5.39. The van der Waals surface area contributed by atoms with Gasteiger partial charge < -0.3 is 14.1 Å². The average molecular weight is 420 g/mol. The predicted molar refractivity (Wildman–Crippen MR) is 104 cm³/mol. The first-order valence-electron chi connectivity index (χ1n) is 9.76. The molecule has 0 saturated carbocycles. The number of nitrogens with zero attached hydrogens (tertiary/aromatic N) is 4. The summed E-state index contributed by atoms with van der Waals surface area (Å²) >= 11 is 0. The van der Waals surface area contributed by atoms with Crippen LogP contribution in [0.1, 0.15) is 30.5 Å². The van der Waals surface area contributed by atoms with E-state index in [2.05, 4.69) is 17.1 Å². The second kappa shape index (κ2) is 8.21. The highest BCUT2D eigenvalue weighted by molar-refractivity contribution is 7.89. The van der Waals surface area contributed by atoms with E-state index in [1.807, 2.05) is 0 Å². The Morgan fingerprint density at radius 1 is 1.03 bits per heavy atom. The Morgan fingerprint density at radius 3 is 2.34 bits per heavy atom. The summed E-state index contributed by atoms with van der Waals surface area (Å²) in [6.07, 6.45) is 1.75. The van der Waals surface area contributed by atoms with Gasteiger partial charge in [-0.3, -0.25) is 4.79 Å². The van der Waals surface area contributed by atoms with Crippen LogP contribution in [0.3, 0.4) is 0 Å². The number of amides is 1. The van der Waals surface area contributed by atoms with Crippen LogP contribution in [0, 0.1) is 5.92 Å². The fourth-order valence-corrected chi connectivity index (χ4v) is 4.94. The summed E-state index contributed by atoms with van der Waals surface area (Å²) in [4.78, 5) is 14.3. The summed E-state index contributed by atoms with van der Waals surface area (Å²) in [6.45, 7) is 5.17. The minimum atomic E-state index is -3.51. The van der Waals surface area contributed by atoms with Crippen molar-refractivity contribution in [3.05, 3.63) is 30.2 Å². The molecule has 29 heavy (non-hydrogen) atoms. The van der Waals surface area contributed by atoms with Gasteiger partial charge in [0.1, 0.15) is 0 Å². The second-order valence-electron chi connectivity index (χ2n) is 7.43. The predicted octanol–water partition coefficient (Wildman–Crippen LogP) is 1.63. The summed E-state index contributed by atoms with van der Waals surface area (Å²) in [5, 5.41) is 7.78. The summed E-state index contributed by atoms with van der Waals surface area (Å²) in [5.41, 5.74) is 0.560. The molecular weight excluding hydrogens is 396 g/mol. The van der Waals surface area contributed by atoms with Crippen LogP contribution in [-0.2, 0) is 14.8 Å². The van der Waals surface area contributed by atoms with Gasteiger partial charge >= 0.3 is 11.8 Å². The lowest BCUT2D eigenvalue weighted by atomic mass is 10.0. The van der Waals surface area contributed by atoms with Gasteiger partial charge in [-0.05, 0) is 43.0 Å². The number of hydrogen-bond donors (Lipinski definition) is 0. The maximum atomic E-state index is 12.8. The Bertz CT molecular complexity index is 959. The zero-order chi connectivity index (χ0) is 20.4. The van der Waals surface area contributed by atoms with Crippen molar-refractivity contribution in [2.24, 2.45) is 5.92 Å². The number of carbonyl (C=O) groups is 1. The summed E-state index contributed by atoms with van der Waals surface area (Å²) in [7, 11) is -3.51. The molecule has 0 aliphatic carbocycles. The molecule has 2 aliphatic heterocycles. The van der Waals surface area contributed by atoms with Gasteiger partial charge in [-0.25, -0.2) is 8.42 Å². The zero-order valence-electron chi connectivity index (χ0n) is 16.3. The second-order valence-corrected chi connectivity index (χ2v) is 9.37. The van der Waals surface area contributed by atoms with Gasteiger partial charge in [0, 0.05) is 31.7 Å². The van der Waals surface area contributed by atoms with Crippen molar-refractivity contribution < 1.29 is 22.4 Å². The van der Waals surface area contributed by atoms with E-state index < -0.39 is 10.0 Å². The quantitative estimate of drug-likeness (QED) is 0.740. The Hall–Kier alpha value is -2.30. The van der Waals surface area contributed by atoms with Gasteiger partial charge in [-0.1, -0.05) is 6.92 Å². The number of ether oxygens (including phenoxy) is 1. The van der Waals surface area contributed by atoms with E-state index in [0.29, 0.717) is 50.9 Å². The Morgan fingerprint density at radius 2 is 1.69 bits per heavy atom. The summed E-state index contributed by atoms with van der Waals surface area (Å²) in [5.74, 6) is 0.319. The molecule has 0 unspecified atom stereocenters. The number of benzene rings is 1. The number of aromatic nitrogens is 2. The molecule has 0 atom stereocenters. The van der Waals surface area contributed by atoms with Crippen LogP contribution in [0.15, 0.2) is 33.6 Å². The first-order chi connectivity index (χ1) is 13.9. The number of sulfonamides is 1. The molecule has 10 heteroatoms. The Labute approximate surface area is 169 Å². The van der Waals surface area contributed by atoms with E-state index in [0.717, 1.165) is 12.8 Å². The minimum absolute atomic E-state index is 0.0824. The Kier molecular flexibility index (Phi) is 5.66. The molecule has 0 bridgehead atoms. The van der Waals surface area contributed by atoms with Gasteiger partial charge in [-0.2, -0.15) is 4.31 Å². The van der Waals surface area contributed by atoms with Crippen molar-refractivity contribution in [1.82, 2.24) is 19.4 Å². The molecule has 2 aromatic rings. The molecule has 156 valence electrons. The van der Waals surface area contributed by atoms with Crippen LogP contribution >= 0.6 is 0 Å². The van der Waals surface area contributed by atoms with Crippen molar-refractivity contribution in [1.29, 1.82) is 0 Å². The standard InChI is InChI=1S/C19H24N4O5S/c1-14-6-8-23(9-7-14)29(25,26)16-4-2-15(3-5-16)17-20-21-18(28-17)19(24)22-10-12-27-13-11-22/h2-5,14H,6-13H2,1H3. The number of piperidine rings is 1. The topological polar surface area (TPSA) is 106 Å². The van der Waals surface area contributed by atoms with E-state index >= 15 is 0 Å². The van der Waals surface area contributed by atoms with E-state index in [1.165, 1.54) is 16.4 Å². The van der Waals surface area contributed by atoms with Crippen molar-refractivity contribution in [2.75, 3.05) is 39.4 Å². The van der Waals surface area contributed by atoms with Crippen LogP contribution in [0.2, 0.25) is 0 Å². The summed E-state index contributed by atoms with van der Waals surface area (Å²) < 4.78 is 37.9. The van der Waals surface area contributed by atoms with E-state index in [1.54, 1.807) is 17.0 Å². The molecule has 4 rings (SSSR count). The lowest BCUT2D eigenvalue weighted by molar-refractivity contribution is 0.0278. The minimum Gasteiger partial charge on any atom is -0.412 e. The van der Waals surface area contributed by atoms with E-state index in [9.17, 15) is 13.2 Å². The number of hydrogen-bond acceptors (Lipinski definition) is 7. The van der Waals surface area contributed by atoms with Crippen LogP contribution < -0.4 is 0 Å². The molecular formula is C19H24N4O5S. The van der Waals surface area contributed by atoms with Crippen molar-refractivity contribution in [3.8, 4) is 11.5 Å². The van der Waals surface area contributed by atoms with Gasteiger partial charge in [0.2, 0.25) is 15.9 Å². The SMILES string of the molecule is CC1CCN(S(=O)(=O)c2ccc(-c3nnc(C(=O)N4CCOCC4)o3)cc2)CC1. The molecule has 0 spiro atoms. The molecule has 9 nitrogen and oxygen atoms in total. The maximum absolute atomic E-state index is 12.8. The molecule has 0 N–H and O–H groups in total. The molecule has 3 heterocycles. The van der Waals surface area contributed by atoms with Gasteiger partial charge in [-0.15, -0.1) is 10.2 Å². The van der Waals surface area contributed by atoms with E-state index in [-0.39, 0.29) is 22.6 Å². The highest BCUT2D eigenvalue weighted by Gasteiger charge is 2.28. The molecule has 1 amide bonds. The van der Waals surface area contributed by atoms with Gasteiger partial charge in [0.05, 0.1) is 18.1 Å². The number of carbonyl (C=O) groups excluding carboxylic acids is 1. The van der Waals surface area contributed by atoms with Crippen molar-refractivity contribution in [2.45, 2.75) is 24.7 Å². The monoisotopic (exact) mass is 420 g/mol. The fraction of sp³-hybridized carbons (Fsp3) is 0.526. The molecule has 1 aromatic carbocycles. The molecule has 0 radical (unpaired) electrons. The highest BCUT2D eigenvalue weighted by atomic mass is 32.2. The molecule has 2 fully saturated rings. The number of morpholine rings is 1. The van der Waals surface area contributed by atoms with Crippen molar-refractivity contribution in [3.63, 3.8) is 0 Å². The van der Waals surface area contributed by atoms with Gasteiger partial charge in [0.25, 0.3) is 0 Å². The third-order valence-corrected chi connectivity index (χ3v) is 7.30. The third kappa shape index (κ3) is 4.19.